The lowest BCUT2D eigenvalue weighted by molar-refractivity contribution is -0.142. The van der Waals surface area contributed by atoms with Crippen molar-refractivity contribution in [3.8, 4) is 11.5 Å². The molecule has 0 aromatic heterocycles. The van der Waals surface area contributed by atoms with Gasteiger partial charge in [-0.05, 0) is 42.3 Å². The Balaban J connectivity index is 1.99. The molecule has 1 N–H and O–H groups in total. The summed E-state index contributed by atoms with van der Waals surface area (Å²) in [7, 11) is 1.31. The zero-order chi connectivity index (χ0) is 18.8. The number of halogens is 1. The number of hydrazone groups is 1. The first-order chi connectivity index (χ1) is 12.6. The predicted octanol–water partition coefficient (Wildman–Crippen LogP) is 3.41. The Labute approximate surface area is 157 Å². The Hall–Kier alpha value is -2.73. The van der Waals surface area contributed by atoms with Gasteiger partial charge < -0.3 is 19.6 Å². The van der Waals surface area contributed by atoms with Crippen LogP contribution in [-0.4, -0.2) is 32.5 Å². The molecule has 0 radical (unpaired) electrons. The van der Waals surface area contributed by atoms with E-state index in [0.717, 1.165) is 11.1 Å². The standard InChI is InChI=1S/C19H21ClN2O4/c1-3-25-18-10-14(8-9-17(18)26-13-19(23)24-2)11-21-22-12-15-6-4-5-7-16(15)20/h4-11,22H,3,12-13H2,1-2H3/b21-11-. The molecule has 0 atom stereocenters. The number of nitrogens with one attached hydrogen (secondary N) is 1. The third kappa shape index (κ3) is 5.97. The lowest BCUT2D eigenvalue weighted by Crippen LogP contribution is -2.13. The van der Waals surface area contributed by atoms with Gasteiger partial charge in [-0.1, -0.05) is 29.8 Å². The zero-order valence-corrected chi connectivity index (χ0v) is 15.5. The van der Waals surface area contributed by atoms with Crippen LogP contribution in [0, 0.1) is 0 Å². The summed E-state index contributed by atoms with van der Waals surface area (Å²) in [6.45, 7) is 2.69. The van der Waals surface area contributed by atoms with Gasteiger partial charge in [-0.2, -0.15) is 5.10 Å². The van der Waals surface area contributed by atoms with Gasteiger partial charge in [0.25, 0.3) is 0 Å². The van der Waals surface area contributed by atoms with Crippen molar-refractivity contribution in [2.45, 2.75) is 13.5 Å². The minimum absolute atomic E-state index is 0.177. The maximum Gasteiger partial charge on any atom is 0.343 e. The second-order valence-electron chi connectivity index (χ2n) is 5.19. The van der Waals surface area contributed by atoms with Crippen LogP contribution in [0.15, 0.2) is 47.6 Å². The Kier molecular flexibility index (Phi) is 7.76. The largest absolute Gasteiger partial charge is 0.490 e. The van der Waals surface area contributed by atoms with Gasteiger partial charge in [-0.25, -0.2) is 4.79 Å². The number of nitrogens with zero attached hydrogens (tertiary/aromatic N) is 1. The first-order valence-corrected chi connectivity index (χ1v) is 8.47. The third-order valence-electron chi connectivity index (χ3n) is 3.37. The average Bonchev–Trinajstić information content (AvgIpc) is 2.65. The molecule has 0 amide bonds. The summed E-state index contributed by atoms with van der Waals surface area (Å²) in [5, 5.41) is 4.89. The molecule has 0 bridgehead atoms. The average molecular weight is 377 g/mol. The molecule has 0 heterocycles. The molecule has 2 rings (SSSR count). The number of methoxy groups -OCH3 is 1. The van der Waals surface area contributed by atoms with Gasteiger partial charge in [-0.3, -0.25) is 0 Å². The molecule has 6 nitrogen and oxygen atoms in total. The van der Waals surface area contributed by atoms with E-state index in [9.17, 15) is 4.79 Å². The molecular weight excluding hydrogens is 356 g/mol. The molecule has 7 heteroatoms. The normalized spacial score (nSPS) is 10.6. The monoisotopic (exact) mass is 376 g/mol. The van der Waals surface area contributed by atoms with Gasteiger partial charge in [0.2, 0.25) is 0 Å². The number of rotatable bonds is 9. The highest BCUT2D eigenvalue weighted by Gasteiger charge is 2.08. The lowest BCUT2D eigenvalue weighted by atomic mass is 10.2. The van der Waals surface area contributed by atoms with Crippen LogP contribution < -0.4 is 14.9 Å². The Morgan fingerprint density at radius 2 is 2.00 bits per heavy atom. The number of carbonyl (C=O) groups excluding carboxylic acids is 1. The van der Waals surface area contributed by atoms with Crippen molar-refractivity contribution in [3.63, 3.8) is 0 Å². The minimum atomic E-state index is -0.457. The van der Waals surface area contributed by atoms with Gasteiger partial charge >= 0.3 is 5.97 Å². The van der Waals surface area contributed by atoms with Crippen LogP contribution in [0.3, 0.4) is 0 Å². The predicted molar refractivity (Wildman–Crippen MR) is 101 cm³/mol. The topological polar surface area (TPSA) is 69.1 Å². The van der Waals surface area contributed by atoms with Crippen molar-refractivity contribution < 1.29 is 19.0 Å². The van der Waals surface area contributed by atoms with Gasteiger partial charge in [0.15, 0.2) is 18.1 Å². The Morgan fingerprint density at radius 1 is 1.19 bits per heavy atom. The van der Waals surface area contributed by atoms with E-state index in [4.69, 9.17) is 21.1 Å². The van der Waals surface area contributed by atoms with Gasteiger partial charge in [-0.15, -0.1) is 0 Å². The number of carbonyl (C=O) groups is 1. The fraction of sp³-hybridized carbons (Fsp3) is 0.263. The Bertz CT molecular complexity index is 765. The Morgan fingerprint density at radius 3 is 2.73 bits per heavy atom. The molecule has 2 aromatic carbocycles. The van der Waals surface area contributed by atoms with E-state index in [1.807, 2.05) is 37.3 Å². The van der Waals surface area contributed by atoms with Crippen LogP contribution in [0.4, 0.5) is 0 Å². The van der Waals surface area contributed by atoms with E-state index < -0.39 is 5.97 Å². The molecule has 138 valence electrons. The van der Waals surface area contributed by atoms with Gasteiger partial charge in [0, 0.05) is 5.02 Å². The lowest BCUT2D eigenvalue weighted by Gasteiger charge is -2.11. The van der Waals surface area contributed by atoms with Crippen molar-refractivity contribution in [2.24, 2.45) is 5.10 Å². The molecular formula is C19H21ClN2O4. The summed E-state index contributed by atoms with van der Waals surface area (Å²) in [6, 6.07) is 12.9. The minimum Gasteiger partial charge on any atom is -0.490 e. The van der Waals surface area contributed by atoms with Crippen LogP contribution in [0.2, 0.25) is 5.02 Å². The van der Waals surface area contributed by atoms with E-state index in [1.54, 1.807) is 18.3 Å². The highest BCUT2D eigenvalue weighted by Crippen LogP contribution is 2.28. The van der Waals surface area contributed by atoms with Crippen LogP contribution in [0.5, 0.6) is 11.5 Å². The van der Waals surface area contributed by atoms with E-state index in [2.05, 4.69) is 15.3 Å². The molecule has 0 aliphatic rings. The maximum atomic E-state index is 11.2. The maximum absolute atomic E-state index is 11.2. The summed E-state index contributed by atoms with van der Waals surface area (Å²) >= 11 is 6.10. The van der Waals surface area contributed by atoms with E-state index >= 15 is 0 Å². The molecule has 26 heavy (non-hydrogen) atoms. The van der Waals surface area contributed by atoms with Crippen molar-refractivity contribution in [1.82, 2.24) is 5.43 Å². The van der Waals surface area contributed by atoms with Crippen LogP contribution >= 0.6 is 11.6 Å². The summed E-state index contributed by atoms with van der Waals surface area (Å²) < 4.78 is 15.5. The second kappa shape index (κ2) is 10.3. The quantitative estimate of drug-likeness (QED) is 0.412. The molecule has 0 aliphatic heterocycles. The summed E-state index contributed by atoms with van der Waals surface area (Å²) in [4.78, 5) is 11.2. The van der Waals surface area contributed by atoms with Crippen molar-refractivity contribution >= 4 is 23.8 Å². The molecule has 0 unspecified atom stereocenters. The molecule has 0 fully saturated rings. The molecule has 0 aliphatic carbocycles. The second-order valence-corrected chi connectivity index (χ2v) is 5.60. The molecule has 0 saturated carbocycles. The van der Waals surface area contributed by atoms with Crippen LogP contribution in [0.25, 0.3) is 0 Å². The molecule has 2 aromatic rings. The molecule has 0 saturated heterocycles. The number of esters is 1. The third-order valence-corrected chi connectivity index (χ3v) is 3.74. The highest BCUT2D eigenvalue weighted by atomic mass is 35.5. The zero-order valence-electron chi connectivity index (χ0n) is 14.7. The molecule has 0 spiro atoms. The van der Waals surface area contributed by atoms with Crippen LogP contribution in [-0.2, 0) is 16.1 Å². The first-order valence-electron chi connectivity index (χ1n) is 8.09. The first kappa shape index (κ1) is 19.6. The number of hydrogen-bond acceptors (Lipinski definition) is 6. The van der Waals surface area contributed by atoms with Crippen LogP contribution in [0.1, 0.15) is 18.1 Å². The smallest absolute Gasteiger partial charge is 0.343 e. The van der Waals surface area contributed by atoms with E-state index in [0.29, 0.717) is 29.7 Å². The number of hydrogen-bond donors (Lipinski definition) is 1. The summed E-state index contributed by atoms with van der Waals surface area (Å²) in [6.07, 6.45) is 1.67. The highest BCUT2D eigenvalue weighted by molar-refractivity contribution is 6.31. The number of benzene rings is 2. The van der Waals surface area contributed by atoms with Crippen molar-refractivity contribution in [2.75, 3.05) is 20.3 Å². The van der Waals surface area contributed by atoms with Gasteiger partial charge in [0.1, 0.15) is 0 Å². The van der Waals surface area contributed by atoms with Gasteiger partial charge in [0.05, 0.1) is 26.5 Å². The van der Waals surface area contributed by atoms with E-state index in [-0.39, 0.29) is 6.61 Å². The number of ether oxygens (including phenoxy) is 3. The fourth-order valence-corrected chi connectivity index (χ4v) is 2.28. The van der Waals surface area contributed by atoms with E-state index in [1.165, 1.54) is 7.11 Å². The summed E-state index contributed by atoms with van der Waals surface area (Å²) in [5.74, 6) is 0.548. The fourth-order valence-electron chi connectivity index (χ4n) is 2.08. The van der Waals surface area contributed by atoms with Crippen molar-refractivity contribution in [1.29, 1.82) is 0 Å². The summed E-state index contributed by atoms with van der Waals surface area (Å²) in [5.41, 5.74) is 4.75. The SMILES string of the molecule is CCOc1cc(/C=N\NCc2ccccc2Cl)ccc1OCC(=O)OC. The van der Waals surface area contributed by atoms with Crippen molar-refractivity contribution in [3.05, 3.63) is 58.6 Å².